The number of thioether (sulfide) groups is 1. The smallest absolute Gasteiger partial charge is 0.133 e. The molecule has 1 fully saturated rings. The van der Waals surface area contributed by atoms with E-state index in [0.717, 1.165) is 17.0 Å². The molecule has 0 aromatic heterocycles. The third-order valence-electron chi connectivity index (χ3n) is 7.65. The van der Waals surface area contributed by atoms with Gasteiger partial charge in [0.2, 0.25) is 0 Å². The van der Waals surface area contributed by atoms with Crippen molar-refractivity contribution in [2.75, 3.05) is 0 Å². The normalized spacial score (nSPS) is 17.4. The summed E-state index contributed by atoms with van der Waals surface area (Å²) < 4.78 is -0.0199. The van der Waals surface area contributed by atoms with Gasteiger partial charge in [-0.3, -0.25) is 0 Å². The Hall–Kier alpha value is -2.07. The minimum Gasteiger partial charge on any atom is -0.377 e. The van der Waals surface area contributed by atoms with Crippen molar-refractivity contribution >= 4 is 19.8 Å². The van der Waals surface area contributed by atoms with E-state index >= 15 is 0 Å². The second-order valence-corrected chi connectivity index (χ2v) is 18.3. The van der Waals surface area contributed by atoms with Crippen LogP contribution in [-0.2, 0) is 5.60 Å². The molecule has 1 aliphatic carbocycles. The average Bonchev–Trinajstić information content (AvgIpc) is 2.89. The van der Waals surface area contributed by atoms with Gasteiger partial charge in [0.1, 0.15) is 5.60 Å². The topological polar surface area (TPSA) is 20.2 Å². The molecule has 3 aromatic rings. The molecule has 1 unspecified atom stereocenters. The summed E-state index contributed by atoms with van der Waals surface area (Å²) in [5, 5.41) is 12.3. The lowest BCUT2D eigenvalue weighted by Crippen LogP contribution is -2.50. The van der Waals surface area contributed by atoms with E-state index in [-0.39, 0.29) is 4.37 Å². The number of hydrogen-bond acceptors (Lipinski definition) is 2. The van der Waals surface area contributed by atoms with Crippen LogP contribution in [0.5, 0.6) is 0 Å². The first kappa shape index (κ1) is 26.0. The molecule has 184 valence electrons. The fourth-order valence-corrected chi connectivity index (χ4v) is 9.60. The Kier molecular flexibility index (Phi) is 8.41. The van der Waals surface area contributed by atoms with Gasteiger partial charge in [0.05, 0.1) is 8.07 Å². The summed E-state index contributed by atoms with van der Waals surface area (Å²) in [4.78, 5) is 1.32. The van der Waals surface area contributed by atoms with E-state index in [1.54, 1.807) is 0 Å². The Morgan fingerprint density at radius 2 is 1.23 bits per heavy atom. The van der Waals surface area contributed by atoms with E-state index in [2.05, 4.69) is 62.1 Å². The first-order valence-corrected chi connectivity index (χ1v) is 17.4. The van der Waals surface area contributed by atoms with Crippen LogP contribution in [0.15, 0.2) is 108 Å². The number of hydrogen-bond donors (Lipinski definition) is 1. The molecule has 35 heavy (non-hydrogen) atoms. The molecule has 0 amide bonds. The monoisotopic (exact) mass is 500 g/mol. The molecule has 0 heterocycles. The lowest BCUT2D eigenvalue weighted by Gasteiger charge is -2.44. The molecule has 0 bridgehead atoms. The van der Waals surface area contributed by atoms with E-state index < -0.39 is 13.7 Å². The van der Waals surface area contributed by atoms with Gasteiger partial charge in [-0.2, -0.15) is 0 Å². The molecular weight excluding hydrogens is 461 g/mol. The molecule has 1 N–H and O–H groups in total. The second-order valence-electron chi connectivity index (χ2n) is 11.1. The Morgan fingerprint density at radius 1 is 0.743 bits per heavy atom. The average molecular weight is 501 g/mol. The van der Waals surface area contributed by atoms with Gasteiger partial charge in [-0.25, -0.2) is 0 Å². The highest BCUT2D eigenvalue weighted by atomic mass is 32.2. The van der Waals surface area contributed by atoms with Crippen molar-refractivity contribution in [1.82, 2.24) is 0 Å². The van der Waals surface area contributed by atoms with Crippen molar-refractivity contribution in [1.29, 1.82) is 0 Å². The Balaban J connectivity index is 1.82. The highest BCUT2D eigenvalue weighted by molar-refractivity contribution is 8.02. The minimum atomic E-state index is -1.74. The molecule has 0 spiro atoms. The predicted octanol–water partition coefficient (Wildman–Crippen LogP) is 8.86. The highest BCUT2D eigenvalue weighted by Gasteiger charge is 2.45. The first-order valence-electron chi connectivity index (χ1n) is 13.1. The van der Waals surface area contributed by atoms with Crippen molar-refractivity contribution in [2.45, 2.75) is 73.0 Å². The van der Waals surface area contributed by atoms with Crippen molar-refractivity contribution in [3.8, 4) is 0 Å². The van der Waals surface area contributed by atoms with Crippen molar-refractivity contribution in [2.24, 2.45) is 5.92 Å². The zero-order valence-corrected chi connectivity index (χ0v) is 23.3. The molecular formula is C32H40OSSi. The van der Waals surface area contributed by atoms with Gasteiger partial charge in [-0.15, -0.1) is 11.8 Å². The molecule has 0 aliphatic heterocycles. The highest BCUT2D eigenvalue weighted by Crippen LogP contribution is 2.48. The molecule has 3 heteroatoms. The number of benzene rings is 3. The third-order valence-corrected chi connectivity index (χ3v) is 13.9. The van der Waals surface area contributed by atoms with Crippen LogP contribution in [0.4, 0.5) is 0 Å². The summed E-state index contributed by atoms with van der Waals surface area (Å²) in [6, 6.07) is 31.1. The molecule has 0 radical (unpaired) electrons. The van der Waals surface area contributed by atoms with Crippen LogP contribution in [-0.4, -0.2) is 17.6 Å². The summed E-state index contributed by atoms with van der Waals surface area (Å²) in [6.45, 7) is 7.50. The maximum atomic E-state index is 12.3. The summed E-state index contributed by atoms with van der Waals surface area (Å²) in [5.74, 6) is 0.748. The van der Waals surface area contributed by atoms with E-state index in [1.165, 1.54) is 43.4 Å². The zero-order valence-electron chi connectivity index (χ0n) is 21.5. The second kappa shape index (κ2) is 11.3. The van der Waals surface area contributed by atoms with Crippen LogP contribution < -0.4 is 0 Å². The van der Waals surface area contributed by atoms with E-state index in [4.69, 9.17) is 0 Å². The number of aliphatic hydroxyl groups is 1. The molecule has 4 rings (SSSR count). The SMILES string of the molecule is C[Si](C)(C)C(/C=C/C(O)(c1ccccc1)c1ccccc1)(CC1CCCCC1)Sc1ccccc1. The van der Waals surface area contributed by atoms with Gasteiger partial charge in [0, 0.05) is 9.27 Å². The van der Waals surface area contributed by atoms with E-state index in [9.17, 15) is 5.11 Å². The molecule has 1 nitrogen and oxygen atoms in total. The Bertz CT molecular complexity index is 1030. The van der Waals surface area contributed by atoms with Crippen molar-refractivity contribution in [3.63, 3.8) is 0 Å². The van der Waals surface area contributed by atoms with Crippen LogP contribution in [0, 0.1) is 5.92 Å². The third kappa shape index (κ3) is 6.20. The van der Waals surface area contributed by atoms with Crippen LogP contribution >= 0.6 is 11.8 Å². The van der Waals surface area contributed by atoms with Gasteiger partial charge < -0.3 is 5.11 Å². The summed E-state index contributed by atoms with van der Waals surface area (Å²) in [6.07, 6.45) is 12.5. The standard InChI is InChI=1S/C32H40OSSi/c1-35(2,3)31(26-27-16-8-4-9-17-27,34-30-22-14-7-15-23-30)24-25-32(33,28-18-10-5-11-19-28)29-20-12-6-13-21-29/h5-7,10-15,18-25,27,33H,4,8-9,16-17,26H2,1-3H3/b25-24+. The molecule has 3 aromatic carbocycles. The Morgan fingerprint density at radius 3 is 1.71 bits per heavy atom. The summed E-state index contributed by atoms with van der Waals surface area (Å²) in [7, 11) is -1.74. The zero-order chi connectivity index (χ0) is 24.8. The van der Waals surface area contributed by atoms with Gasteiger partial charge in [-0.05, 0) is 41.7 Å². The maximum Gasteiger partial charge on any atom is 0.133 e. The van der Waals surface area contributed by atoms with Crippen LogP contribution in [0.1, 0.15) is 49.7 Å². The predicted molar refractivity (Wildman–Crippen MR) is 155 cm³/mol. The fourth-order valence-electron chi connectivity index (χ4n) is 5.37. The van der Waals surface area contributed by atoms with E-state index in [1.807, 2.05) is 72.4 Å². The molecule has 1 atom stereocenters. The molecule has 0 saturated heterocycles. The van der Waals surface area contributed by atoms with Gasteiger partial charge in [-0.1, -0.05) is 137 Å². The van der Waals surface area contributed by atoms with Gasteiger partial charge in [0.15, 0.2) is 0 Å². The molecule has 1 aliphatic rings. The van der Waals surface area contributed by atoms with Gasteiger partial charge in [0.25, 0.3) is 0 Å². The maximum absolute atomic E-state index is 12.3. The lowest BCUT2D eigenvalue weighted by molar-refractivity contribution is 0.134. The lowest BCUT2D eigenvalue weighted by atomic mass is 9.84. The molecule has 1 saturated carbocycles. The van der Waals surface area contributed by atoms with Crippen LogP contribution in [0.3, 0.4) is 0 Å². The van der Waals surface area contributed by atoms with Crippen LogP contribution in [0.25, 0.3) is 0 Å². The number of rotatable bonds is 9. The Labute approximate surface area is 217 Å². The quantitative estimate of drug-likeness (QED) is 0.180. The van der Waals surface area contributed by atoms with E-state index in [0.29, 0.717) is 0 Å². The largest absolute Gasteiger partial charge is 0.377 e. The first-order chi connectivity index (χ1) is 16.8. The summed E-state index contributed by atoms with van der Waals surface area (Å²) >= 11 is 2.03. The van der Waals surface area contributed by atoms with Crippen molar-refractivity contribution in [3.05, 3.63) is 114 Å². The van der Waals surface area contributed by atoms with Crippen LogP contribution in [0.2, 0.25) is 19.6 Å². The summed E-state index contributed by atoms with van der Waals surface area (Å²) in [5.41, 5.74) is 0.653. The van der Waals surface area contributed by atoms with Crippen molar-refractivity contribution < 1.29 is 5.11 Å². The fraction of sp³-hybridized carbons (Fsp3) is 0.375. The van der Waals surface area contributed by atoms with Gasteiger partial charge >= 0.3 is 0 Å². The minimum absolute atomic E-state index is 0.0199.